The normalized spacial score (nSPS) is 11.9. The second-order valence-electron chi connectivity index (χ2n) is 9.48. The van der Waals surface area contributed by atoms with E-state index in [1.807, 2.05) is 13.8 Å². The van der Waals surface area contributed by atoms with Gasteiger partial charge in [0.05, 0.1) is 24.8 Å². The molecule has 1 N–H and O–H groups in total. The third-order valence-electron chi connectivity index (χ3n) is 6.53. The van der Waals surface area contributed by atoms with E-state index in [1.54, 1.807) is 31.2 Å². The van der Waals surface area contributed by atoms with Crippen LogP contribution in [0.5, 0.6) is 11.5 Å². The summed E-state index contributed by atoms with van der Waals surface area (Å²) in [5.41, 5.74) is 1.52. The van der Waals surface area contributed by atoms with E-state index in [1.165, 1.54) is 61.6 Å². The Labute approximate surface area is 240 Å². The molecule has 0 heterocycles. The van der Waals surface area contributed by atoms with Gasteiger partial charge in [-0.15, -0.1) is 0 Å². The van der Waals surface area contributed by atoms with Gasteiger partial charge in [0.25, 0.3) is 10.0 Å². The summed E-state index contributed by atoms with van der Waals surface area (Å²) in [4.78, 5) is 28.2. The molecule has 0 bridgehead atoms. The first-order valence-corrected chi connectivity index (χ1v) is 14.6. The van der Waals surface area contributed by atoms with Crippen LogP contribution in [0.25, 0.3) is 0 Å². The van der Waals surface area contributed by atoms with Crippen LogP contribution >= 0.6 is 0 Å². The molecule has 0 saturated carbocycles. The molecule has 0 spiro atoms. The Kier molecular flexibility index (Phi) is 10.7. The zero-order chi connectivity index (χ0) is 30.2. The van der Waals surface area contributed by atoms with Crippen LogP contribution in [-0.2, 0) is 26.2 Å². The molecule has 0 aliphatic heterocycles. The molecule has 0 saturated heterocycles. The van der Waals surface area contributed by atoms with Crippen LogP contribution in [0.2, 0.25) is 0 Å². The molecule has 41 heavy (non-hydrogen) atoms. The lowest BCUT2D eigenvalue weighted by Gasteiger charge is -2.32. The number of anilines is 1. The largest absolute Gasteiger partial charge is 0.497 e. The van der Waals surface area contributed by atoms with Crippen molar-refractivity contribution in [2.24, 2.45) is 0 Å². The van der Waals surface area contributed by atoms with E-state index in [0.29, 0.717) is 24.3 Å². The van der Waals surface area contributed by atoms with Crippen LogP contribution in [0, 0.1) is 12.7 Å². The lowest BCUT2D eigenvalue weighted by molar-refractivity contribution is -0.139. The Morgan fingerprint density at radius 2 is 1.63 bits per heavy atom. The van der Waals surface area contributed by atoms with E-state index in [9.17, 15) is 22.4 Å². The monoisotopic (exact) mass is 585 g/mol. The van der Waals surface area contributed by atoms with E-state index in [0.717, 1.165) is 9.87 Å². The maximum Gasteiger partial charge on any atom is 0.264 e. The molecule has 3 rings (SSSR count). The summed E-state index contributed by atoms with van der Waals surface area (Å²) >= 11 is 0. The molecule has 3 aromatic rings. The van der Waals surface area contributed by atoms with Gasteiger partial charge in [0.1, 0.15) is 29.9 Å². The average molecular weight is 586 g/mol. The highest BCUT2D eigenvalue weighted by atomic mass is 32.2. The van der Waals surface area contributed by atoms with Gasteiger partial charge >= 0.3 is 0 Å². The summed E-state index contributed by atoms with van der Waals surface area (Å²) in [5.74, 6) is -0.926. The number of nitrogens with zero attached hydrogens (tertiary/aromatic N) is 2. The van der Waals surface area contributed by atoms with Gasteiger partial charge in [-0.05, 0) is 62.2 Å². The van der Waals surface area contributed by atoms with Crippen molar-refractivity contribution in [2.45, 2.75) is 44.7 Å². The van der Waals surface area contributed by atoms with E-state index >= 15 is 0 Å². The van der Waals surface area contributed by atoms with E-state index in [-0.39, 0.29) is 22.9 Å². The number of aryl methyl sites for hydroxylation is 1. The summed E-state index contributed by atoms with van der Waals surface area (Å²) in [6.07, 6.45) is 0.697. The minimum atomic E-state index is -4.30. The van der Waals surface area contributed by atoms with Gasteiger partial charge in [0.15, 0.2) is 0 Å². The van der Waals surface area contributed by atoms with Crippen LogP contribution in [0.15, 0.2) is 71.6 Å². The minimum absolute atomic E-state index is 0.0282. The van der Waals surface area contributed by atoms with Crippen molar-refractivity contribution in [2.75, 3.05) is 31.6 Å². The minimum Gasteiger partial charge on any atom is -0.497 e. The first-order valence-electron chi connectivity index (χ1n) is 13.1. The Balaban J connectivity index is 2.10. The number of amides is 2. The molecule has 220 valence electrons. The standard InChI is InChI=1S/C30H36FN3O6S/c1-6-17-32-30(36)22(3)33(19-23-9-11-24(31)12-10-23)29(35)20-34(27-18-25(39-4)13-16-28(27)40-5)41(37,38)26-14-7-21(2)8-15-26/h7-16,18,22H,6,17,19-20H2,1-5H3,(H,32,36)/t22-/m0/s1. The number of halogens is 1. The fraction of sp³-hybridized carbons (Fsp3) is 0.333. The second-order valence-corrected chi connectivity index (χ2v) is 11.3. The molecule has 1 atom stereocenters. The molecule has 0 aromatic heterocycles. The maximum atomic E-state index is 14.0. The number of sulfonamides is 1. The van der Waals surface area contributed by atoms with Gasteiger partial charge in [-0.3, -0.25) is 13.9 Å². The second kappa shape index (κ2) is 14.0. The summed E-state index contributed by atoms with van der Waals surface area (Å²) in [6, 6.07) is 15.5. The Hall–Kier alpha value is -4.12. The van der Waals surface area contributed by atoms with Crippen LogP contribution in [0.4, 0.5) is 10.1 Å². The van der Waals surface area contributed by atoms with Gasteiger partial charge in [0, 0.05) is 19.2 Å². The van der Waals surface area contributed by atoms with Crippen molar-refractivity contribution < 1.29 is 31.9 Å². The van der Waals surface area contributed by atoms with Gasteiger partial charge < -0.3 is 19.7 Å². The van der Waals surface area contributed by atoms with Gasteiger partial charge in [-0.25, -0.2) is 12.8 Å². The number of nitrogens with one attached hydrogen (secondary N) is 1. The molecular formula is C30H36FN3O6S. The van der Waals surface area contributed by atoms with Gasteiger partial charge in [-0.2, -0.15) is 0 Å². The molecule has 11 heteroatoms. The lowest BCUT2D eigenvalue weighted by atomic mass is 10.1. The third kappa shape index (κ3) is 7.75. The van der Waals surface area contributed by atoms with Crippen molar-refractivity contribution in [3.63, 3.8) is 0 Å². The number of ether oxygens (including phenoxy) is 2. The van der Waals surface area contributed by atoms with Gasteiger partial charge in [-0.1, -0.05) is 36.8 Å². The molecule has 3 aromatic carbocycles. The number of hydrogen-bond donors (Lipinski definition) is 1. The van der Waals surface area contributed by atoms with Crippen molar-refractivity contribution in [3.8, 4) is 11.5 Å². The molecular weight excluding hydrogens is 549 g/mol. The van der Waals surface area contributed by atoms with Crippen LogP contribution < -0.4 is 19.1 Å². The quantitative estimate of drug-likeness (QED) is 0.321. The van der Waals surface area contributed by atoms with Crippen molar-refractivity contribution in [1.29, 1.82) is 0 Å². The number of benzene rings is 3. The van der Waals surface area contributed by atoms with E-state index < -0.39 is 40.2 Å². The topological polar surface area (TPSA) is 105 Å². The summed E-state index contributed by atoms with van der Waals surface area (Å²) < 4.78 is 53.4. The molecule has 0 radical (unpaired) electrons. The first-order chi connectivity index (χ1) is 19.5. The van der Waals surface area contributed by atoms with Crippen LogP contribution in [0.1, 0.15) is 31.4 Å². The number of methoxy groups -OCH3 is 2. The Bertz CT molecular complexity index is 1450. The smallest absolute Gasteiger partial charge is 0.264 e. The van der Waals surface area contributed by atoms with Crippen molar-refractivity contribution in [3.05, 3.63) is 83.7 Å². The molecule has 0 aliphatic rings. The molecule has 9 nitrogen and oxygen atoms in total. The highest BCUT2D eigenvalue weighted by molar-refractivity contribution is 7.92. The highest BCUT2D eigenvalue weighted by Crippen LogP contribution is 2.36. The molecule has 0 aliphatic carbocycles. The average Bonchev–Trinajstić information content (AvgIpc) is 2.97. The lowest BCUT2D eigenvalue weighted by Crippen LogP contribution is -2.51. The zero-order valence-corrected chi connectivity index (χ0v) is 24.7. The maximum absolute atomic E-state index is 14.0. The Morgan fingerprint density at radius 1 is 0.976 bits per heavy atom. The van der Waals surface area contributed by atoms with Crippen molar-refractivity contribution in [1.82, 2.24) is 10.2 Å². The van der Waals surface area contributed by atoms with E-state index in [4.69, 9.17) is 9.47 Å². The molecule has 2 amide bonds. The zero-order valence-electron chi connectivity index (χ0n) is 23.9. The number of hydrogen-bond acceptors (Lipinski definition) is 6. The fourth-order valence-corrected chi connectivity index (χ4v) is 5.52. The third-order valence-corrected chi connectivity index (χ3v) is 8.30. The predicted molar refractivity (Wildman–Crippen MR) is 155 cm³/mol. The summed E-state index contributed by atoms with van der Waals surface area (Å²) in [7, 11) is -1.46. The summed E-state index contributed by atoms with van der Waals surface area (Å²) in [6.45, 7) is 5.02. The SMILES string of the molecule is CCCNC(=O)[C@H](C)N(Cc1ccc(F)cc1)C(=O)CN(c1cc(OC)ccc1OC)S(=O)(=O)c1ccc(C)cc1. The molecule has 0 unspecified atom stereocenters. The highest BCUT2D eigenvalue weighted by Gasteiger charge is 2.34. The number of rotatable bonds is 13. The predicted octanol–water partition coefficient (Wildman–Crippen LogP) is 4.29. The summed E-state index contributed by atoms with van der Waals surface area (Å²) in [5, 5.41) is 2.78. The van der Waals surface area contributed by atoms with Crippen LogP contribution in [0.3, 0.4) is 0 Å². The fourth-order valence-electron chi connectivity index (χ4n) is 4.11. The number of carbonyl (C=O) groups excluding carboxylic acids is 2. The Morgan fingerprint density at radius 3 is 2.22 bits per heavy atom. The van der Waals surface area contributed by atoms with Gasteiger partial charge in [0.2, 0.25) is 11.8 Å². The van der Waals surface area contributed by atoms with E-state index in [2.05, 4.69) is 5.32 Å². The van der Waals surface area contributed by atoms with Crippen LogP contribution in [-0.4, -0.2) is 58.5 Å². The number of carbonyl (C=O) groups is 2. The first kappa shape index (κ1) is 31.4. The molecule has 0 fully saturated rings. The van der Waals surface area contributed by atoms with Crippen molar-refractivity contribution >= 4 is 27.5 Å².